The van der Waals surface area contributed by atoms with E-state index in [2.05, 4.69) is 31.3 Å². The summed E-state index contributed by atoms with van der Waals surface area (Å²) in [7, 11) is 0. The standard InChI is InChI=1S/C17H26ClNO/c1-13(2)19-12-15(8-9-17-7-4-10-20-17)14-5-3-6-16(18)11-14/h3,5-6,11,13,15,17,19H,4,7-10,12H2,1-2H3. The van der Waals surface area contributed by atoms with Crippen LogP contribution in [-0.4, -0.2) is 25.3 Å². The highest BCUT2D eigenvalue weighted by molar-refractivity contribution is 6.30. The SMILES string of the molecule is CC(C)NCC(CCC1CCCO1)c1cccc(Cl)c1. The van der Waals surface area contributed by atoms with Gasteiger partial charge in [-0.05, 0) is 49.3 Å². The summed E-state index contributed by atoms with van der Waals surface area (Å²) >= 11 is 6.13. The summed E-state index contributed by atoms with van der Waals surface area (Å²) in [6.07, 6.45) is 5.22. The molecule has 0 amide bonds. The zero-order valence-electron chi connectivity index (χ0n) is 12.6. The van der Waals surface area contributed by atoms with Crippen molar-refractivity contribution in [3.8, 4) is 0 Å². The van der Waals surface area contributed by atoms with E-state index in [0.717, 1.165) is 31.0 Å². The number of hydrogen-bond acceptors (Lipinski definition) is 2. The van der Waals surface area contributed by atoms with Crippen molar-refractivity contribution < 1.29 is 4.74 Å². The Bertz CT molecular complexity index is 402. The highest BCUT2D eigenvalue weighted by Gasteiger charge is 2.19. The van der Waals surface area contributed by atoms with E-state index in [9.17, 15) is 0 Å². The van der Waals surface area contributed by atoms with Gasteiger partial charge in [-0.1, -0.05) is 37.6 Å². The molecule has 1 aromatic carbocycles. The van der Waals surface area contributed by atoms with Gasteiger partial charge >= 0.3 is 0 Å². The first-order chi connectivity index (χ1) is 9.65. The molecule has 0 aromatic heterocycles. The van der Waals surface area contributed by atoms with Crippen molar-refractivity contribution >= 4 is 11.6 Å². The lowest BCUT2D eigenvalue weighted by molar-refractivity contribution is 0.100. The van der Waals surface area contributed by atoms with E-state index in [1.807, 2.05) is 12.1 Å². The number of hydrogen-bond donors (Lipinski definition) is 1. The van der Waals surface area contributed by atoms with Gasteiger partial charge in [-0.15, -0.1) is 0 Å². The van der Waals surface area contributed by atoms with Gasteiger partial charge in [0.2, 0.25) is 0 Å². The summed E-state index contributed by atoms with van der Waals surface area (Å²) in [5.41, 5.74) is 1.34. The molecule has 0 radical (unpaired) electrons. The summed E-state index contributed by atoms with van der Waals surface area (Å²) in [6, 6.07) is 8.79. The van der Waals surface area contributed by atoms with Crippen LogP contribution in [0.5, 0.6) is 0 Å². The Morgan fingerprint density at radius 2 is 2.25 bits per heavy atom. The van der Waals surface area contributed by atoms with E-state index in [4.69, 9.17) is 16.3 Å². The van der Waals surface area contributed by atoms with Crippen LogP contribution in [0.3, 0.4) is 0 Å². The summed E-state index contributed by atoms with van der Waals surface area (Å²) in [5, 5.41) is 4.38. The Morgan fingerprint density at radius 3 is 2.90 bits per heavy atom. The number of benzene rings is 1. The molecule has 2 nitrogen and oxygen atoms in total. The second-order valence-corrected chi connectivity index (χ2v) is 6.46. The lowest BCUT2D eigenvalue weighted by Gasteiger charge is -2.21. The van der Waals surface area contributed by atoms with Crippen LogP contribution in [0.1, 0.15) is 51.0 Å². The highest BCUT2D eigenvalue weighted by atomic mass is 35.5. The molecule has 2 atom stereocenters. The second-order valence-electron chi connectivity index (χ2n) is 6.03. The fraction of sp³-hybridized carbons (Fsp3) is 0.647. The van der Waals surface area contributed by atoms with Gasteiger partial charge < -0.3 is 10.1 Å². The van der Waals surface area contributed by atoms with Crippen LogP contribution in [0.15, 0.2) is 24.3 Å². The van der Waals surface area contributed by atoms with Gasteiger partial charge in [0, 0.05) is 24.2 Å². The molecule has 0 aliphatic carbocycles. The Labute approximate surface area is 127 Å². The maximum Gasteiger partial charge on any atom is 0.0576 e. The van der Waals surface area contributed by atoms with Crippen LogP contribution < -0.4 is 5.32 Å². The first-order valence-electron chi connectivity index (χ1n) is 7.75. The van der Waals surface area contributed by atoms with Gasteiger partial charge in [0.15, 0.2) is 0 Å². The van der Waals surface area contributed by atoms with E-state index in [1.165, 1.54) is 18.4 Å². The lowest BCUT2D eigenvalue weighted by Crippen LogP contribution is -2.28. The zero-order chi connectivity index (χ0) is 14.4. The fourth-order valence-corrected chi connectivity index (χ4v) is 2.98. The van der Waals surface area contributed by atoms with Crippen LogP contribution in [0.2, 0.25) is 5.02 Å². The molecule has 1 saturated heterocycles. The highest BCUT2D eigenvalue weighted by Crippen LogP contribution is 2.27. The molecule has 0 spiro atoms. The molecule has 1 fully saturated rings. The predicted molar refractivity (Wildman–Crippen MR) is 85.5 cm³/mol. The topological polar surface area (TPSA) is 21.3 Å². The lowest BCUT2D eigenvalue weighted by atomic mass is 9.92. The number of rotatable bonds is 7. The predicted octanol–water partition coefficient (Wildman–Crippen LogP) is 4.38. The molecule has 112 valence electrons. The molecule has 0 saturated carbocycles. The maximum atomic E-state index is 6.13. The molecule has 1 aromatic rings. The summed E-state index contributed by atoms with van der Waals surface area (Å²) < 4.78 is 5.74. The summed E-state index contributed by atoms with van der Waals surface area (Å²) in [4.78, 5) is 0. The molecule has 2 rings (SSSR count). The van der Waals surface area contributed by atoms with E-state index in [0.29, 0.717) is 18.1 Å². The van der Waals surface area contributed by atoms with Gasteiger partial charge in [0.1, 0.15) is 0 Å². The minimum absolute atomic E-state index is 0.468. The Kier molecular flexibility index (Phi) is 6.34. The van der Waals surface area contributed by atoms with E-state index >= 15 is 0 Å². The number of halogens is 1. The third-order valence-electron chi connectivity index (χ3n) is 3.95. The second kappa shape index (κ2) is 8.02. The van der Waals surface area contributed by atoms with Gasteiger partial charge in [-0.25, -0.2) is 0 Å². The third kappa shape index (κ3) is 5.08. The maximum absolute atomic E-state index is 6.13. The largest absolute Gasteiger partial charge is 0.378 e. The zero-order valence-corrected chi connectivity index (χ0v) is 13.3. The van der Waals surface area contributed by atoms with Crippen molar-refractivity contribution in [2.24, 2.45) is 0 Å². The molecule has 1 aliphatic heterocycles. The van der Waals surface area contributed by atoms with Crippen LogP contribution in [0, 0.1) is 0 Å². The van der Waals surface area contributed by atoms with E-state index in [-0.39, 0.29) is 0 Å². The van der Waals surface area contributed by atoms with E-state index < -0.39 is 0 Å². The molecule has 1 heterocycles. The van der Waals surface area contributed by atoms with Gasteiger partial charge in [-0.2, -0.15) is 0 Å². The van der Waals surface area contributed by atoms with Gasteiger partial charge in [-0.3, -0.25) is 0 Å². The summed E-state index contributed by atoms with van der Waals surface area (Å²) in [5.74, 6) is 0.514. The Balaban J connectivity index is 1.95. The van der Waals surface area contributed by atoms with E-state index in [1.54, 1.807) is 0 Å². The summed E-state index contributed by atoms with van der Waals surface area (Å²) in [6.45, 7) is 6.33. The van der Waals surface area contributed by atoms with Gasteiger partial charge in [0.25, 0.3) is 0 Å². The van der Waals surface area contributed by atoms with Crippen LogP contribution >= 0.6 is 11.6 Å². The molecule has 0 bridgehead atoms. The first-order valence-corrected chi connectivity index (χ1v) is 8.13. The molecular weight excluding hydrogens is 270 g/mol. The normalized spacial score (nSPS) is 20.5. The van der Waals surface area contributed by atoms with Crippen LogP contribution in [0.4, 0.5) is 0 Å². The van der Waals surface area contributed by atoms with Crippen molar-refractivity contribution in [3.63, 3.8) is 0 Å². The van der Waals surface area contributed by atoms with Crippen LogP contribution in [-0.2, 0) is 4.74 Å². The van der Waals surface area contributed by atoms with Gasteiger partial charge in [0.05, 0.1) is 6.10 Å². The third-order valence-corrected chi connectivity index (χ3v) is 4.19. The van der Waals surface area contributed by atoms with Crippen molar-refractivity contribution in [1.82, 2.24) is 5.32 Å². The minimum atomic E-state index is 0.468. The minimum Gasteiger partial charge on any atom is -0.378 e. The number of nitrogens with one attached hydrogen (secondary N) is 1. The van der Waals surface area contributed by atoms with Crippen molar-refractivity contribution in [2.45, 2.75) is 57.6 Å². The monoisotopic (exact) mass is 295 g/mol. The first kappa shape index (κ1) is 15.8. The number of ether oxygens (including phenoxy) is 1. The molecule has 1 N–H and O–H groups in total. The molecule has 2 unspecified atom stereocenters. The molecule has 1 aliphatic rings. The average molecular weight is 296 g/mol. The van der Waals surface area contributed by atoms with Crippen molar-refractivity contribution in [3.05, 3.63) is 34.9 Å². The van der Waals surface area contributed by atoms with Crippen molar-refractivity contribution in [1.29, 1.82) is 0 Å². The quantitative estimate of drug-likeness (QED) is 0.806. The molecule has 3 heteroatoms. The Morgan fingerprint density at radius 1 is 1.40 bits per heavy atom. The fourth-order valence-electron chi connectivity index (χ4n) is 2.78. The van der Waals surface area contributed by atoms with Crippen molar-refractivity contribution in [2.75, 3.05) is 13.2 Å². The average Bonchev–Trinajstić information content (AvgIpc) is 2.91. The molecular formula is C17H26ClNO. The molecule has 20 heavy (non-hydrogen) atoms. The smallest absolute Gasteiger partial charge is 0.0576 e. The Hall–Kier alpha value is -0.570. The van der Waals surface area contributed by atoms with Crippen LogP contribution in [0.25, 0.3) is 0 Å².